The molecule has 1 aromatic heterocycles. The van der Waals surface area contributed by atoms with Gasteiger partial charge in [0.15, 0.2) is 11.6 Å². The second-order valence-electron chi connectivity index (χ2n) is 5.75. The summed E-state index contributed by atoms with van der Waals surface area (Å²) in [6.45, 7) is 1.52. The summed E-state index contributed by atoms with van der Waals surface area (Å²) < 4.78 is 14.0. The van der Waals surface area contributed by atoms with E-state index in [-0.39, 0.29) is 30.6 Å². The lowest BCUT2D eigenvalue weighted by Gasteiger charge is -2.38. The first-order valence-corrected chi connectivity index (χ1v) is 7.94. The quantitative estimate of drug-likeness (QED) is 0.908. The summed E-state index contributed by atoms with van der Waals surface area (Å²) in [5, 5.41) is 9.82. The zero-order valence-corrected chi connectivity index (χ0v) is 14.1. The highest BCUT2D eigenvalue weighted by molar-refractivity contribution is 6.30. The average molecular weight is 364 g/mol. The van der Waals surface area contributed by atoms with Gasteiger partial charge in [0, 0.05) is 17.6 Å². The molecule has 6 nitrogen and oxygen atoms in total. The fourth-order valence-corrected chi connectivity index (χ4v) is 2.81. The molecular formula is C17H15ClFN3O3. The van der Waals surface area contributed by atoms with E-state index in [1.54, 1.807) is 31.2 Å². The van der Waals surface area contributed by atoms with Crippen LogP contribution in [0.5, 0.6) is 5.75 Å². The van der Waals surface area contributed by atoms with E-state index >= 15 is 0 Å². The Balaban J connectivity index is 1.82. The van der Waals surface area contributed by atoms with Crippen molar-refractivity contribution >= 4 is 29.2 Å². The van der Waals surface area contributed by atoms with Crippen molar-refractivity contribution in [3.8, 4) is 5.75 Å². The van der Waals surface area contributed by atoms with Crippen molar-refractivity contribution in [3.63, 3.8) is 0 Å². The smallest absolute Gasteiger partial charge is 0.251 e. The van der Waals surface area contributed by atoms with Gasteiger partial charge in [-0.3, -0.25) is 14.5 Å². The Hall–Kier alpha value is -2.67. The molecule has 1 N–H and O–H groups in total. The number of aromatic hydroxyl groups is 1. The van der Waals surface area contributed by atoms with Gasteiger partial charge in [-0.1, -0.05) is 23.7 Å². The normalized spacial score (nSPS) is 18.0. The molecule has 0 spiro atoms. The molecule has 1 aromatic carbocycles. The molecule has 0 saturated carbocycles. The molecule has 1 saturated heterocycles. The van der Waals surface area contributed by atoms with E-state index in [0.29, 0.717) is 5.02 Å². The van der Waals surface area contributed by atoms with Crippen LogP contribution < -0.4 is 4.90 Å². The van der Waals surface area contributed by atoms with E-state index < -0.39 is 17.8 Å². The van der Waals surface area contributed by atoms with Gasteiger partial charge in [-0.2, -0.15) is 0 Å². The van der Waals surface area contributed by atoms with Gasteiger partial charge in [0.25, 0.3) is 5.91 Å². The van der Waals surface area contributed by atoms with E-state index in [0.717, 1.165) is 22.7 Å². The molecule has 0 bridgehead atoms. The Morgan fingerprint density at radius 3 is 2.64 bits per heavy atom. The molecule has 1 aliphatic rings. The van der Waals surface area contributed by atoms with Crippen LogP contribution in [0.25, 0.3) is 0 Å². The summed E-state index contributed by atoms with van der Waals surface area (Å²) in [4.78, 5) is 31.3. The van der Waals surface area contributed by atoms with E-state index in [2.05, 4.69) is 4.98 Å². The number of carbonyl (C=O) groups is 2. The molecule has 8 heteroatoms. The number of hydrogen-bond acceptors (Lipinski definition) is 4. The minimum absolute atomic E-state index is 0.252. The maximum absolute atomic E-state index is 14.0. The molecule has 1 atom stereocenters. The number of amides is 2. The molecule has 25 heavy (non-hydrogen) atoms. The zero-order valence-electron chi connectivity index (χ0n) is 13.3. The molecule has 2 heterocycles. The van der Waals surface area contributed by atoms with Crippen LogP contribution in [0.3, 0.4) is 0 Å². The van der Waals surface area contributed by atoms with Gasteiger partial charge in [0.2, 0.25) is 5.91 Å². The molecule has 130 valence electrons. The van der Waals surface area contributed by atoms with E-state index in [9.17, 15) is 19.1 Å². The summed E-state index contributed by atoms with van der Waals surface area (Å²) in [5.74, 6) is -2.25. The Kier molecular flexibility index (Phi) is 4.59. The van der Waals surface area contributed by atoms with Crippen LogP contribution in [-0.2, 0) is 16.1 Å². The highest BCUT2D eigenvalue weighted by Gasteiger charge is 2.38. The topological polar surface area (TPSA) is 73.7 Å². The third-order valence-corrected chi connectivity index (χ3v) is 4.29. The fraction of sp³-hybridized carbons (Fsp3) is 0.235. The van der Waals surface area contributed by atoms with Gasteiger partial charge in [0.05, 0.1) is 6.20 Å². The van der Waals surface area contributed by atoms with E-state index in [1.807, 2.05) is 0 Å². The Labute approximate surface area is 148 Å². The Morgan fingerprint density at radius 1 is 1.32 bits per heavy atom. The van der Waals surface area contributed by atoms with Gasteiger partial charge < -0.3 is 10.0 Å². The number of anilines is 1. The largest absolute Gasteiger partial charge is 0.506 e. The molecule has 0 aliphatic carbocycles. The number of hydrogen-bond donors (Lipinski definition) is 1. The number of benzene rings is 1. The zero-order chi connectivity index (χ0) is 18.1. The lowest BCUT2D eigenvalue weighted by molar-refractivity contribution is -0.143. The first kappa shape index (κ1) is 17.2. The number of aromatic nitrogens is 1. The summed E-state index contributed by atoms with van der Waals surface area (Å²) in [7, 11) is 0. The second kappa shape index (κ2) is 6.68. The third-order valence-electron chi connectivity index (χ3n) is 4.03. The van der Waals surface area contributed by atoms with Crippen LogP contribution >= 0.6 is 11.6 Å². The molecule has 1 aliphatic heterocycles. The maximum Gasteiger partial charge on any atom is 0.251 e. The minimum Gasteiger partial charge on any atom is -0.506 e. The minimum atomic E-state index is -0.862. The maximum atomic E-state index is 14.0. The van der Waals surface area contributed by atoms with Crippen molar-refractivity contribution in [1.29, 1.82) is 0 Å². The molecule has 1 fully saturated rings. The number of halogens is 2. The van der Waals surface area contributed by atoms with Gasteiger partial charge in [-0.15, -0.1) is 0 Å². The third kappa shape index (κ3) is 3.41. The molecule has 1 unspecified atom stereocenters. The summed E-state index contributed by atoms with van der Waals surface area (Å²) in [6.07, 6.45) is 1.03. The van der Waals surface area contributed by atoms with Crippen molar-refractivity contribution in [2.45, 2.75) is 19.5 Å². The Morgan fingerprint density at radius 2 is 2.00 bits per heavy atom. The summed E-state index contributed by atoms with van der Waals surface area (Å²) in [5.41, 5.74) is 0.833. The van der Waals surface area contributed by atoms with Gasteiger partial charge in [-0.25, -0.2) is 9.37 Å². The first-order chi connectivity index (χ1) is 11.9. The predicted octanol–water partition coefficient (Wildman–Crippen LogP) is 2.34. The van der Waals surface area contributed by atoms with Crippen LogP contribution in [0, 0.1) is 5.82 Å². The number of piperazine rings is 1. The van der Waals surface area contributed by atoms with E-state index in [4.69, 9.17) is 11.6 Å². The fourth-order valence-electron chi connectivity index (χ4n) is 2.69. The van der Waals surface area contributed by atoms with Crippen LogP contribution in [-0.4, -0.2) is 39.4 Å². The molecule has 2 aromatic rings. The van der Waals surface area contributed by atoms with Gasteiger partial charge in [0.1, 0.15) is 18.3 Å². The summed E-state index contributed by atoms with van der Waals surface area (Å²) in [6, 6.07) is 7.05. The summed E-state index contributed by atoms with van der Waals surface area (Å²) >= 11 is 5.85. The number of nitrogens with zero attached hydrogens (tertiary/aromatic N) is 3. The van der Waals surface area contributed by atoms with Crippen molar-refractivity contribution < 1.29 is 19.1 Å². The highest BCUT2D eigenvalue weighted by atomic mass is 35.5. The molecule has 3 rings (SSSR count). The van der Waals surface area contributed by atoms with Crippen molar-refractivity contribution in [3.05, 3.63) is 52.9 Å². The molecule has 2 amide bonds. The highest BCUT2D eigenvalue weighted by Crippen LogP contribution is 2.25. The van der Waals surface area contributed by atoms with Crippen LogP contribution in [0.2, 0.25) is 5.02 Å². The van der Waals surface area contributed by atoms with Gasteiger partial charge in [-0.05, 0) is 24.6 Å². The Bertz CT molecular complexity index is 828. The lowest BCUT2D eigenvalue weighted by Crippen LogP contribution is -2.59. The lowest BCUT2D eigenvalue weighted by atomic mass is 10.1. The number of pyridine rings is 1. The SMILES string of the molecule is CC1C(=O)N(c2ncc(O)cc2F)CC(=O)N1Cc1ccc(Cl)cc1. The number of carbonyl (C=O) groups excluding carboxylic acids is 2. The first-order valence-electron chi connectivity index (χ1n) is 7.56. The van der Waals surface area contributed by atoms with Crippen LogP contribution in [0.1, 0.15) is 12.5 Å². The second-order valence-corrected chi connectivity index (χ2v) is 6.18. The molecular weight excluding hydrogens is 349 g/mol. The average Bonchev–Trinajstić information content (AvgIpc) is 2.57. The standard InChI is InChI=1S/C17H15ClFN3O3/c1-10-17(25)22(16-14(19)6-13(23)7-20-16)9-15(24)21(10)8-11-2-4-12(18)5-3-11/h2-7,10,23H,8-9H2,1H3. The van der Waals surface area contributed by atoms with Crippen molar-refractivity contribution in [2.24, 2.45) is 0 Å². The van der Waals surface area contributed by atoms with Crippen LogP contribution in [0.15, 0.2) is 36.5 Å². The van der Waals surface area contributed by atoms with Crippen molar-refractivity contribution in [2.75, 3.05) is 11.4 Å². The monoisotopic (exact) mass is 363 g/mol. The molecule has 0 radical (unpaired) electrons. The van der Waals surface area contributed by atoms with E-state index in [1.165, 1.54) is 4.90 Å². The van der Waals surface area contributed by atoms with Crippen LogP contribution in [0.4, 0.5) is 10.2 Å². The van der Waals surface area contributed by atoms with Gasteiger partial charge >= 0.3 is 0 Å². The number of rotatable bonds is 3. The predicted molar refractivity (Wildman–Crippen MR) is 89.7 cm³/mol. The van der Waals surface area contributed by atoms with Crippen molar-refractivity contribution in [1.82, 2.24) is 9.88 Å².